The number of hydrogen-bond donors (Lipinski definition) is 2. The van der Waals surface area contributed by atoms with Crippen LogP contribution in [0, 0.1) is 0 Å². The molecule has 0 heterocycles. The van der Waals surface area contributed by atoms with Gasteiger partial charge >= 0.3 is 6.18 Å². The van der Waals surface area contributed by atoms with Gasteiger partial charge < -0.3 is 10.8 Å². The minimum absolute atomic E-state index is 0.0730. The van der Waals surface area contributed by atoms with Gasteiger partial charge in [0.1, 0.15) is 0 Å². The monoisotopic (exact) mass is 237 g/mol. The van der Waals surface area contributed by atoms with Gasteiger partial charge in [-0.15, -0.1) is 11.8 Å². The SMILES string of the molecule is Nc1ccc(SCCO)cc1C(F)(F)F. The molecule has 1 aromatic rings. The van der Waals surface area contributed by atoms with Crippen molar-refractivity contribution in [3.05, 3.63) is 23.8 Å². The average Bonchev–Trinajstić information content (AvgIpc) is 2.15. The first-order valence-electron chi connectivity index (χ1n) is 4.15. The highest BCUT2D eigenvalue weighted by molar-refractivity contribution is 7.99. The molecule has 0 aliphatic heterocycles. The number of aliphatic hydroxyl groups excluding tert-OH is 1. The molecule has 0 aromatic heterocycles. The molecule has 1 rings (SSSR count). The molecular weight excluding hydrogens is 227 g/mol. The Morgan fingerprint density at radius 3 is 2.53 bits per heavy atom. The van der Waals surface area contributed by atoms with Gasteiger partial charge in [0.25, 0.3) is 0 Å². The second-order valence-corrected chi connectivity index (χ2v) is 3.99. The summed E-state index contributed by atoms with van der Waals surface area (Å²) in [5.41, 5.74) is 4.12. The summed E-state index contributed by atoms with van der Waals surface area (Å²) in [6.07, 6.45) is -4.43. The molecule has 0 bridgehead atoms. The number of nitrogen functional groups attached to an aromatic ring is 1. The predicted molar refractivity (Wildman–Crippen MR) is 53.7 cm³/mol. The highest BCUT2D eigenvalue weighted by Crippen LogP contribution is 2.35. The van der Waals surface area contributed by atoms with Crippen LogP contribution in [0.2, 0.25) is 0 Å². The number of benzene rings is 1. The van der Waals surface area contributed by atoms with Crippen LogP contribution in [-0.2, 0) is 6.18 Å². The molecule has 84 valence electrons. The highest BCUT2D eigenvalue weighted by Gasteiger charge is 2.33. The zero-order chi connectivity index (χ0) is 11.5. The van der Waals surface area contributed by atoms with Crippen molar-refractivity contribution in [1.29, 1.82) is 0 Å². The highest BCUT2D eigenvalue weighted by atomic mass is 32.2. The largest absolute Gasteiger partial charge is 0.418 e. The van der Waals surface area contributed by atoms with E-state index in [1.165, 1.54) is 12.1 Å². The Labute approximate surface area is 89.3 Å². The van der Waals surface area contributed by atoms with Gasteiger partial charge in [0, 0.05) is 16.3 Å². The molecular formula is C9H10F3NOS. The van der Waals surface area contributed by atoms with Crippen molar-refractivity contribution in [2.45, 2.75) is 11.1 Å². The maximum Gasteiger partial charge on any atom is 0.418 e. The predicted octanol–water partition coefficient (Wildman–Crippen LogP) is 2.37. The molecule has 0 saturated carbocycles. The van der Waals surface area contributed by atoms with Crippen LogP contribution in [0.5, 0.6) is 0 Å². The van der Waals surface area contributed by atoms with E-state index in [0.29, 0.717) is 10.6 Å². The van der Waals surface area contributed by atoms with Crippen molar-refractivity contribution in [3.63, 3.8) is 0 Å². The number of thioether (sulfide) groups is 1. The minimum atomic E-state index is -4.43. The lowest BCUT2D eigenvalue weighted by Crippen LogP contribution is -2.08. The van der Waals surface area contributed by atoms with Gasteiger partial charge in [-0.2, -0.15) is 13.2 Å². The van der Waals surface area contributed by atoms with Gasteiger partial charge in [-0.1, -0.05) is 0 Å². The van der Waals surface area contributed by atoms with Gasteiger partial charge in [-0.3, -0.25) is 0 Å². The summed E-state index contributed by atoms with van der Waals surface area (Å²) in [4.78, 5) is 0.450. The maximum atomic E-state index is 12.4. The maximum absolute atomic E-state index is 12.4. The second-order valence-electron chi connectivity index (χ2n) is 2.82. The fourth-order valence-corrected chi connectivity index (χ4v) is 1.73. The summed E-state index contributed by atoms with van der Waals surface area (Å²) in [5.74, 6) is 0.362. The first-order valence-corrected chi connectivity index (χ1v) is 5.14. The van der Waals surface area contributed by atoms with Crippen LogP contribution in [0.15, 0.2) is 23.1 Å². The van der Waals surface area contributed by atoms with Crippen LogP contribution in [0.1, 0.15) is 5.56 Å². The van der Waals surface area contributed by atoms with Gasteiger partial charge in [-0.05, 0) is 18.2 Å². The number of aliphatic hydroxyl groups is 1. The lowest BCUT2D eigenvalue weighted by Gasteiger charge is -2.11. The van der Waals surface area contributed by atoms with E-state index in [1.54, 1.807) is 0 Å². The molecule has 0 spiro atoms. The van der Waals surface area contributed by atoms with Crippen molar-refractivity contribution < 1.29 is 18.3 Å². The molecule has 0 aliphatic carbocycles. The lowest BCUT2D eigenvalue weighted by atomic mass is 10.2. The molecule has 15 heavy (non-hydrogen) atoms. The quantitative estimate of drug-likeness (QED) is 0.626. The summed E-state index contributed by atoms with van der Waals surface area (Å²) in [5, 5.41) is 8.54. The molecule has 0 atom stereocenters. The third-order valence-electron chi connectivity index (χ3n) is 1.69. The zero-order valence-corrected chi connectivity index (χ0v) is 8.53. The van der Waals surface area contributed by atoms with E-state index < -0.39 is 11.7 Å². The Morgan fingerprint density at radius 2 is 2.00 bits per heavy atom. The third-order valence-corrected chi connectivity index (χ3v) is 2.66. The number of anilines is 1. The molecule has 0 unspecified atom stereocenters. The molecule has 0 fully saturated rings. The molecule has 0 amide bonds. The van der Waals surface area contributed by atoms with Crippen molar-refractivity contribution >= 4 is 17.4 Å². The molecule has 3 N–H and O–H groups in total. The van der Waals surface area contributed by atoms with Crippen molar-refractivity contribution in [2.24, 2.45) is 0 Å². The summed E-state index contributed by atoms with van der Waals surface area (Å²) in [6.45, 7) is -0.0730. The van der Waals surface area contributed by atoms with E-state index in [1.807, 2.05) is 0 Å². The Morgan fingerprint density at radius 1 is 1.33 bits per heavy atom. The summed E-state index contributed by atoms with van der Waals surface area (Å²) in [7, 11) is 0. The molecule has 1 aromatic carbocycles. The molecule has 2 nitrogen and oxygen atoms in total. The summed E-state index contributed by atoms with van der Waals surface area (Å²) < 4.78 is 37.2. The van der Waals surface area contributed by atoms with E-state index in [9.17, 15) is 13.2 Å². The number of alkyl halides is 3. The lowest BCUT2D eigenvalue weighted by molar-refractivity contribution is -0.137. The first kappa shape index (κ1) is 12.2. The molecule has 0 aliphatic rings. The van der Waals surface area contributed by atoms with E-state index in [0.717, 1.165) is 17.8 Å². The van der Waals surface area contributed by atoms with Gasteiger partial charge in [-0.25, -0.2) is 0 Å². The smallest absolute Gasteiger partial charge is 0.398 e. The van der Waals surface area contributed by atoms with Crippen LogP contribution in [0.25, 0.3) is 0 Å². The Hall–Kier alpha value is -0.880. The molecule has 0 radical (unpaired) electrons. The second kappa shape index (κ2) is 4.76. The average molecular weight is 237 g/mol. The van der Waals surface area contributed by atoms with Crippen LogP contribution >= 0.6 is 11.8 Å². The van der Waals surface area contributed by atoms with Crippen LogP contribution < -0.4 is 5.73 Å². The van der Waals surface area contributed by atoms with Crippen LogP contribution in [0.3, 0.4) is 0 Å². The summed E-state index contributed by atoms with van der Waals surface area (Å²) in [6, 6.07) is 3.73. The molecule has 0 saturated heterocycles. The third kappa shape index (κ3) is 3.32. The first-order chi connectivity index (χ1) is 6.95. The minimum Gasteiger partial charge on any atom is -0.398 e. The van der Waals surface area contributed by atoms with Crippen LogP contribution in [0.4, 0.5) is 18.9 Å². The topological polar surface area (TPSA) is 46.2 Å². The van der Waals surface area contributed by atoms with Crippen LogP contribution in [-0.4, -0.2) is 17.5 Å². The summed E-state index contributed by atoms with van der Waals surface area (Å²) >= 11 is 1.15. The van der Waals surface area contributed by atoms with Gasteiger partial charge in [0.05, 0.1) is 12.2 Å². The number of nitrogens with two attached hydrogens (primary N) is 1. The van der Waals surface area contributed by atoms with Gasteiger partial charge in [0.15, 0.2) is 0 Å². The van der Waals surface area contributed by atoms with E-state index >= 15 is 0 Å². The number of hydrogen-bond acceptors (Lipinski definition) is 3. The van der Waals surface area contributed by atoms with Crippen molar-refractivity contribution in [2.75, 3.05) is 18.1 Å². The molecule has 6 heteroatoms. The van der Waals surface area contributed by atoms with E-state index in [-0.39, 0.29) is 12.3 Å². The zero-order valence-electron chi connectivity index (χ0n) is 7.71. The van der Waals surface area contributed by atoms with E-state index in [4.69, 9.17) is 10.8 Å². The Bertz CT molecular complexity index is 341. The van der Waals surface area contributed by atoms with Gasteiger partial charge in [0.2, 0.25) is 0 Å². The normalized spacial score (nSPS) is 11.7. The van der Waals surface area contributed by atoms with E-state index in [2.05, 4.69) is 0 Å². The standard InChI is InChI=1S/C9H10F3NOS/c10-9(11,12)7-5-6(15-4-3-14)1-2-8(7)13/h1-2,5,14H,3-4,13H2. The number of halogens is 3. The van der Waals surface area contributed by atoms with Crippen molar-refractivity contribution in [1.82, 2.24) is 0 Å². The number of rotatable bonds is 3. The van der Waals surface area contributed by atoms with Crippen molar-refractivity contribution in [3.8, 4) is 0 Å². The Balaban J connectivity index is 2.95. The fraction of sp³-hybridized carbons (Fsp3) is 0.333. The fourth-order valence-electron chi connectivity index (χ4n) is 1.03. The Kier molecular flexibility index (Phi) is 3.87.